The van der Waals surface area contributed by atoms with Gasteiger partial charge in [-0.05, 0) is 47.2 Å². The van der Waals surface area contributed by atoms with Crippen LogP contribution in [0.1, 0.15) is 33.6 Å². The van der Waals surface area contributed by atoms with E-state index in [0.29, 0.717) is 18.6 Å². The molecule has 0 saturated carbocycles. The number of nitrogens with zero attached hydrogens (tertiary/aromatic N) is 2. The Bertz CT molecular complexity index is 241. The van der Waals surface area contributed by atoms with E-state index in [1.54, 1.807) is 0 Å². The van der Waals surface area contributed by atoms with E-state index >= 15 is 0 Å². The molecule has 1 N–H and O–H groups in total. The van der Waals surface area contributed by atoms with Crippen LogP contribution in [0.2, 0.25) is 0 Å². The molecule has 0 aromatic rings. The molecule has 0 radical (unpaired) electrons. The zero-order chi connectivity index (χ0) is 12.8. The fraction of sp³-hybridized carbons (Fsp3) is 0.923. The third-order valence-corrected chi connectivity index (χ3v) is 3.72. The summed E-state index contributed by atoms with van der Waals surface area (Å²) >= 11 is 0. The van der Waals surface area contributed by atoms with Crippen molar-refractivity contribution in [3.63, 3.8) is 0 Å². The van der Waals surface area contributed by atoms with Gasteiger partial charge in [-0.1, -0.05) is 0 Å². The van der Waals surface area contributed by atoms with Crippen molar-refractivity contribution in [1.29, 1.82) is 0 Å². The number of likely N-dealkylation sites (N-methyl/N-ethyl adjacent to an activating group) is 2. The summed E-state index contributed by atoms with van der Waals surface area (Å²) in [7, 11) is 2.07. The van der Waals surface area contributed by atoms with Crippen LogP contribution in [0, 0.1) is 0 Å². The third-order valence-electron chi connectivity index (χ3n) is 3.72. The van der Waals surface area contributed by atoms with E-state index in [0.717, 1.165) is 32.5 Å². The molecule has 1 amide bonds. The number of carbonyl (C=O) groups excluding carboxylic acids is 1. The third kappa shape index (κ3) is 4.28. The van der Waals surface area contributed by atoms with Gasteiger partial charge in [0.2, 0.25) is 5.91 Å². The van der Waals surface area contributed by atoms with E-state index in [4.69, 9.17) is 0 Å². The molecule has 1 saturated heterocycles. The summed E-state index contributed by atoms with van der Waals surface area (Å²) in [6.45, 7) is 9.53. The van der Waals surface area contributed by atoms with E-state index in [9.17, 15) is 4.79 Å². The largest absolute Gasteiger partial charge is 0.342 e. The second-order valence-corrected chi connectivity index (χ2v) is 5.01. The topological polar surface area (TPSA) is 35.6 Å². The minimum atomic E-state index is 0.253. The van der Waals surface area contributed by atoms with Crippen molar-refractivity contribution in [2.75, 3.05) is 33.2 Å². The van der Waals surface area contributed by atoms with Crippen LogP contribution >= 0.6 is 0 Å². The van der Waals surface area contributed by atoms with Crippen LogP contribution in [-0.4, -0.2) is 61.0 Å². The lowest BCUT2D eigenvalue weighted by molar-refractivity contribution is -0.132. The zero-order valence-electron chi connectivity index (χ0n) is 11.7. The van der Waals surface area contributed by atoms with Crippen LogP contribution in [0.25, 0.3) is 0 Å². The Kier molecular flexibility index (Phi) is 5.92. The fourth-order valence-corrected chi connectivity index (χ4v) is 2.52. The molecule has 0 aliphatic carbocycles. The van der Waals surface area contributed by atoms with Crippen LogP contribution < -0.4 is 5.32 Å². The molecule has 1 rings (SSSR count). The molecular weight excluding hydrogens is 214 g/mol. The Labute approximate surface area is 105 Å². The monoisotopic (exact) mass is 241 g/mol. The smallest absolute Gasteiger partial charge is 0.236 e. The number of carbonyl (C=O) groups is 1. The summed E-state index contributed by atoms with van der Waals surface area (Å²) in [6.07, 6.45) is 2.29. The van der Waals surface area contributed by atoms with Crippen molar-refractivity contribution >= 4 is 5.91 Å². The van der Waals surface area contributed by atoms with Crippen LogP contribution in [0.5, 0.6) is 0 Å². The fourth-order valence-electron chi connectivity index (χ4n) is 2.52. The molecular formula is C13H27N3O. The predicted octanol–water partition coefficient (Wildman–Crippen LogP) is 0.927. The van der Waals surface area contributed by atoms with Gasteiger partial charge < -0.3 is 10.2 Å². The molecule has 1 aliphatic rings. The summed E-state index contributed by atoms with van der Waals surface area (Å²) < 4.78 is 0. The highest BCUT2D eigenvalue weighted by molar-refractivity contribution is 5.78. The van der Waals surface area contributed by atoms with Crippen molar-refractivity contribution in [1.82, 2.24) is 15.1 Å². The molecule has 1 heterocycles. The molecule has 1 fully saturated rings. The highest BCUT2D eigenvalue weighted by Crippen LogP contribution is 2.14. The first kappa shape index (κ1) is 14.5. The van der Waals surface area contributed by atoms with Gasteiger partial charge in [0.15, 0.2) is 0 Å². The van der Waals surface area contributed by atoms with Crippen molar-refractivity contribution in [2.24, 2.45) is 0 Å². The molecule has 1 aliphatic heterocycles. The Morgan fingerprint density at radius 1 is 1.35 bits per heavy atom. The first-order valence-electron chi connectivity index (χ1n) is 6.79. The molecule has 0 spiro atoms. The second kappa shape index (κ2) is 6.97. The summed E-state index contributed by atoms with van der Waals surface area (Å²) in [5.74, 6) is 0.253. The average Bonchev–Trinajstić information content (AvgIpc) is 2.30. The molecule has 2 unspecified atom stereocenters. The number of amides is 1. The lowest BCUT2D eigenvalue weighted by atomic mass is 9.99. The van der Waals surface area contributed by atoms with E-state index in [1.165, 1.54) is 0 Å². The molecule has 2 atom stereocenters. The first-order valence-corrected chi connectivity index (χ1v) is 6.79. The summed E-state index contributed by atoms with van der Waals surface area (Å²) in [6, 6.07) is 1.12. The lowest BCUT2D eigenvalue weighted by Crippen LogP contribution is -2.48. The van der Waals surface area contributed by atoms with Crippen LogP contribution in [0.4, 0.5) is 0 Å². The number of rotatable bonds is 5. The summed E-state index contributed by atoms with van der Waals surface area (Å²) in [5.41, 5.74) is 0. The van der Waals surface area contributed by atoms with Crippen LogP contribution in [0.15, 0.2) is 0 Å². The molecule has 4 nitrogen and oxygen atoms in total. The van der Waals surface area contributed by atoms with Crippen LogP contribution in [-0.2, 0) is 4.79 Å². The quantitative estimate of drug-likeness (QED) is 0.778. The van der Waals surface area contributed by atoms with Gasteiger partial charge in [-0.3, -0.25) is 9.69 Å². The number of nitrogens with one attached hydrogen (secondary N) is 1. The number of piperidine rings is 1. The van der Waals surface area contributed by atoms with Gasteiger partial charge in [-0.2, -0.15) is 0 Å². The number of hydrogen-bond acceptors (Lipinski definition) is 3. The maximum atomic E-state index is 12.0. The molecule has 0 aromatic carbocycles. The SMILES string of the molecule is CCN(CC)C(=O)CN(C)C1CCNC(C)C1. The highest BCUT2D eigenvalue weighted by Gasteiger charge is 2.24. The summed E-state index contributed by atoms with van der Waals surface area (Å²) in [4.78, 5) is 16.1. The van der Waals surface area contributed by atoms with Crippen molar-refractivity contribution < 1.29 is 4.79 Å². The van der Waals surface area contributed by atoms with Crippen molar-refractivity contribution in [3.05, 3.63) is 0 Å². The van der Waals surface area contributed by atoms with Gasteiger partial charge in [0.1, 0.15) is 0 Å². The molecule has 4 heteroatoms. The van der Waals surface area contributed by atoms with Gasteiger partial charge in [0.05, 0.1) is 6.54 Å². The van der Waals surface area contributed by atoms with E-state index in [-0.39, 0.29) is 5.91 Å². The van der Waals surface area contributed by atoms with Crippen LogP contribution in [0.3, 0.4) is 0 Å². The van der Waals surface area contributed by atoms with E-state index < -0.39 is 0 Å². The summed E-state index contributed by atoms with van der Waals surface area (Å²) in [5, 5.41) is 3.44. The highest BCUT2D eigenvalue weighted by atomic mass is 16.2. The Hall–Kier alpha value is -0.610. The Morgan fingerprint density at radius 3 is 2.53 bits per heavy atom. The van der Waals surface area contributed by atoms with E-state index in [2.05, 4.69) is 24.2 Å². The lowest BCUT2D eigenvalue weighted by Gasteiger charge is -2.35. The zero-order valence-corrected chi connectivity index (χ0v) is 11.7. The maximum Gasteiger partial charge on any atom is 0.236 e. The molecule has 17 heavy (non-hydrogen) atoms. The Balaban J connectivity index is 2.42. The standard InChI is InChI=1S/C13H27N3O/c1-5-16(6-2)13(17)10-15(4)12-7-8-14-11(3)9-12/h11-12,14H,5-10H2,1-4H3. The maximum absolute atomic E-state index is 12.0. The Morgan fingerprint density at radius 2 is 2.00 bits per heavy atom. The van der Waals surface area contributed by atoms with Gasteiger partial charge in [-0.15, -0.1) is 0 Å². The van der Waals surface area contributed by atoms with Crippen molar-refractivity contribution in [2.45, 2.75) is 45.7 Å². The van der Waals surface area contributed by atoms with Gasteiger partial charge in [0, 0.05) is 25.2 Å². The molecule has 0 bridgehead atoms. The average molecular weight is 241 g/mol. The van der Waals surface area contributed by atoms with E-state index in [1.807, 2.05) is 18.7 Å². The van der Waals surface area contributed by atoms with Gasteiger partial charge in [-0.25, -0.2) is 0 Å². The van der Waals surface area contributed by atoms with Crippen molar-refractivity contribution in [3.8, 4) is 0 Å². The number of hydrogen-bond donors (Lipinski definition) is 1. The predicted molar refractivity (Wildman–Crippen MR) is 71.0 cm³/mol. The first-order chi connectivity index (χ1) is 8.08. The second-order valence-electron chi connectivity index (χ2n) is 5.01. The van der Waals surface area contributed by atoms with Gasteiger partial charge >= 0.3 is 0 Å². The normalized spacial score (nSPS) is 25.0. The minimum absolute atomic E-state index is 0.253. The molecule has 100 valence electrons. The molecule has 0 aromatic heterocycles. The minimum Gasteiger partial charge on any atom is -0.342 e. The van der Waals surface area contributed by atoms with Gasteiger partial charge in [0.25, 0.3) is 0 Å².